The molecule has 1 aromatic heterocycles. The normalized spacial score (nSPS) is 14.5. The topological polar surface area (TPSA) is 118 Å². The molecule has 0 radical (unpaired) electrons. The lowest BCUT2D eigenvalue weighted by molar-refractivity contribution is -0.133. The lowest BCUT2D eigenvalue weighted by Crippen LogP contribution is -2.46. The molecule has 2 N–H and O–H groups in total. The van der Waals surface area contributed by atoms with Gasteiger partial charge < -0.3 is 24.8 Å². The van der Waals surface area contributed by atoms with E-state index < -0.39 is 46.6 Å². The average molecular weight is 539 g/mol. The third-order valence-electron chi connectivity index (χ3n) is 5.50. The Bertz CT molecular complexity index is 1220. The number of hydrogen-bond acceptors (Lipinski definition) is 6. The molecule has 1 aromatic carbocycles. The van der Waals surface area contributed by atoms with Crippen LogP contribution in [0.4, 0.5) is 18.0 Å². The van der Waals surface area contributed by atoms with Crippen molar-refractivity contribution in [3.8, 4) is 0 Å². The van der Waals surface area contributed by atoms with Gasteiger partial charge in [-0.3, -0.25) is 9.59 Å². The largest absolute Gasteiger partial charge is 0.444 e. The summed E-state index contributed by atoms with van der Waals surface area (Å²) < 4.78 is 48.4. The number of benzene rings is 1. The first-order valence-electron chi connectivity index (χ1n) is 12.2. The van der Waals surface area contributed by atoms with E-state index in [1.54, 1.807) is 25.3 Å². The van der Waals surface area contributed by atoms with Crippen LogP contribution in [-0.2, 0) is 29.0 Å². The molecule has 1 aliphatic heterocycles. The van der Waals surface area contributed by atoms with Crippen molar-refractivity contribution in [2.75, 3.05) is 6.54 Å². The maximum Gasteiger partial charge on any atom is 0.407 e. The summed E-state index contributed by atoms with van der Waals surface area (Å²) in [7, 11) is 0. The van der Waals surface area contributed by atoms with Crippen molar-refractivity contribution in [2.45, 2.75) is 84.7 Å². The first kappa shape index (κ1) is 28.9. The second kappa shape index (κ2) is 11.0. The van der Waals surface area contributed by atoms with E-state index in [1.807, 2.05) is 20.8 Å². The Morgan fingerprint density at radius 1 is 1.00 bits per heavy atom. The Morgan fingerprint density at radius 2 is 1.66 bits per heavy atom. The van der Waals surface area contributed by atoms with Crippen LogP contribution in [0.3, 0.4) is 0 Å². The first-order chi connectivity index (χ1) is 17.5. The van der Waals surface area contributed by atoms with Crippen LogP contribution in [0.15, 0.2) is 12.1 Å². The van der Waals surface area contributed by atoms with E-state index in [1.165, 1.54) is 4.90 Å². The SMILES string of the molecule is CC(C)(C)NC(=O)c1nnc2n1CCN(C(=O)CC(Cc1cc(F)c(F)cc1F)NC(=O)OC(C)(C)C)C2. The number of alkyl carbamates (subject to hydrolysis) is 1. The third-order valence-corrected chi connectivity index (χ3v) is 5.50. The van der Waals surface area contributed by atoms with E-state index in [0.29, 0.717) is 18.0 Å². The predicted octanol–water partition coefficient (Wildman–Crippen LogP) is 3.09. The molecule has 1 atom stereocenters. The number of halogens is 3. The Kier molecular flexibility index (Phi) is 8.37. The zero-order valence-electron chi connectivity index (χ0n) is 22.3. The Morgan fingerprint density at radius 3 is 2.29 bits per heavy atom. The van der Waals surface area contributed by atoms with Crippen LogP contribution in [0.25, 0.3) is 0 Å². The fraction of sp³-hybridized carbons (Fsp3) is 0.560. The number of hydrogen-bond donors (Lipinski definition) is 2. The summed E-state index contributed by atoms with van der Waals surface area (Å²) in [4.78, 5) is 39.6. The van der Waals surface area contributed by atoms with Crippen molar-refractivity contribution >= 4 is 17.9 Å². The second-order valence-corrected chi connectivity index (χ2v) is 11.2. The van der Waals surface area contributed by atoms with Crippen LogP contribution in [0.1, 0.15) is 70.0 Å². The third kappa shape index (κ3) is 7.68. The van der Waals surface area contributed by atoms with Crippen molar-refractivity contribution < 1.29 is 32.3 Å². The molecule has 0 bridgehead atoms. The summed E-state index contributed by atoms with van der Waals surface area (Å²) in [5.74, 6) is -3.82. The number of ether oxygens (including phenoxy) is 1. The van der Waals surface area contributed by atoms with Gasteiger partial charge >= 0.3 is 6.09 Å². The predicted molar refractivity (Wildman–Crippen MR) is 130 cm³/mol. The van der Waals surface area contributed by atoms with Gasteiger partial charge in [0.25, 0.3) is 5.91 Å². The molecule has 3 rings (SSSR count). The monoisotopic (exact) mass is 538 g/mol. The van der Waals surface area contributed by atoms with Gasteiger partial charge in [-0.05, 0) is 59.6 Å². The first-order valence-corrected chi connectivity index (χ1v) is 12.2. The van der Waals surface area contributed by atoms with E-state index in [-0.39, 0.29) is 49.8 Å². The number of aromatic nitrogens is 3. The quantitative estimate of drug-likeness (QED) is 0.546. The van der Waals surface area contributed by atoms with Crippen molar-refractivity contribution in [3.63, 3.8) is 0 Å². The summed E-state index contributed by atoms with van der Waals surface area (Å²) in [6.07, 6.45) is -1.40. The lowest BCUT2D eigenvalue weighted by Gasteiger charge is -2.30. The van der Waals surface area contributed by atoms with E-state index >= 15 is 0 Å². The van der Waals surface area contributed by atoms with Crippen LogP contribution in [0, 0.1) is 17.5 Å². The average Bonchev–Trinajstić information content (AvgIpc) is 3.18. The zero-order valence-corrected chi connectivity index (χ0v) is 22.3. The molecule has 1 unspecified atom stereocenters. The van der Waals surface area contributed by atoms with E-state index in [4.69, 9.17) is 4.74 Å². The molecule has 1 aliphatic rings. The maximum atomic E-state index is 14.3. The van der Waals surface area contributed by atoms with Gasteiger partial charge in [-0.15, -0.1) is 10.2 Å². The fourth-order valence-corrected chi connectivity index (χ4v) is 3.91. The molecule has 0 aliphatic carbocycles. The standard InChI is InChI=1S/C25H33F3N6O4/c1-24(2,3)30-22(36)21-32-31-19-13-33(7-8-34(19)21)20(35)11-15(29-23(37)38-25(4,5)6)9-14-10-17(27)18(28)12-16(14)26/h10,12,15H,7-9,11,13H2,1-6H3,(H,29,37)(H,30,36). The minimum Gasteiger partial charge on any atom is -0.444 e. The van der Waals surface area contributed by atoms with Crippen LogP contribution < -0.4 is 10.6 Å². The highest BCUT2D eigenvalue weighted by molar-refractivity contribution is 5.91. The lowest BCUT2D eigenvalue weighted by atomic mass is 10.0. The summed E-state index contributed by atoms with van der Waals surface area (Å²) in [5.41, 5.74) is -1.51. The zero-order chi connectivity index (χ0) is 28.4. The molecule has 0 spiro atoms. The number of amides is 3. The highest BCUT2D eigenvalue weighted by Crippen LogP contribution is 2.19. The molecule has 208 valence electrons. The molecule has 0 fully saturated rings. The number of carbonyl (C=O) groups is 3. The van der Waals surface area contributed by atoms with Crippen molar-refractivity contribution in [1.29, 1.82) is 0 Å². The smallest absolute Gasteiger partial charge is 0.407 e. The number of nitrogens with one attached hydrogen (secondary N) is 2. The van der Waals surface area contributed by atoms with Gasteiger partial charge in [0.15, 0.2) is 17.5 Å². The van der Waals surface area contributed by atoms with Gasteiger partial charge in [-0.25, -0.2) is 18.0 Å². The number of fused-ring (bicyclic) bond motifs is 1. The van der Waals surface area contributed by atoms with Gasteiger partial charge in [0.05, 0.1) is 6.54 Å². The van der Waals surface area contributed by atoms with Gasteiger partial charge in [0.1, 0.15) is 11.4 Å². The van der Waals surface area contributed by atoms with E-state index in [0.717, 1.165) is 0 Å². The maximum absolute atomic E-state index is 14.3. The summed E-state index contributed by atoms with van der Waals surface area (Å²) in [5, 5.41) is 13.4. The van der Waals surface area contributed by atoms with Crippen LogP contribution in [0.2, 0.25) is 0 Å². The van der Waals surface area contributed by atoms with Crippen molar-refractivity contribution in [3.05, 3.63) is 46.8 Å². The molecule has 0 saturated heterocycles. The minimum atomic E-state index is -1.34. The van der Waals surface area contributed by atoms with Gasteiger partial charge in [-0.1, -0.05) is 0 Å². The number of carbonyl (C=O) groups excluding carboxylic acids is 3. The number of rotatable bonds is 6. The summed E-state index contributed by atoms with van der Waals surface area (Å²) in [6, 6.07) is 0.138. The van der Waals surface area contributed by atoms with E-state index in [2.05, 4.69) is 20.8 Å². The van der Waals surface area contributed by atoms with Crippen LogP contribution in [0.5, 0.6) is 0 Å². The van der Waals surface area contributed by atoms with Crippen LogP contribution in [-0.4, -0.2) is 61.3 Å². The second-order valence-electron chi connectivity index (χ2n) is 11.2. The molecule has 2 aromatic rings. The summed E-state index contributed by atoms with van der Waals surface area (Å²) >= 11 is 0. The summed E-state index contributed by atoms with van der Waals surface area (Å²) in [6.45, 7) is 11.0. The Hall–Kier alpha value is -3.64. The van der Waals surface area contributed by atoms with E-state index in [9.17, 15) is 27.6 Å². The number of nitrogens with zero attached hydrogens (tertiary/aromatic N) is 4. The highest BCUT2D eigenvalue weighted by Gasteiger charge is 2.30. The Balaban J connectivity index is 1.74. The van der Waals surface area contributed by atoms with Gasteiger partial charge in [0.2, 0.25) is 11.7 Å². The molecular formula is C25H33F3N6O4. The molecule has 38 heavy (non-hydrogen) atoms. The van der Waals surface area contributed by atoms with Crippen molar-refractivity contribution in [1.82, 2.24) is 30.3 Å². The van der Waals surface area contributed by atoms with Gasteiger partial charge in [0, 0.05) is 37.2 Å². The van der Waals surface area contributed by atoms with Gasteiger partial charge in [-0.2, -0.15) is 0 Å². The van der Waals surface area contributed by atoms with Crippen LogP contribution >= 0.6 is 0 Å². The van der Waals surface area contributed by atoms with Crippen molar-refractivity contribution in [2.24, 2.45) is 0 Å². The molecule has 13 heteroatoms. The molecular weight excluding hydrogens is 505 g/mol. The molecule has 10 nitrogen and oxygen atoms in total. The Labute approximate surface area is 218 Å². The highest BCUT2D eigenvalue weighted by atomic mass is 19.2. The molecule has 2 heterocycles. The molecule has 3 amide bonds. The molecule has 0 saturated carbocycles. The minimum absolute atomic E-state index is 0.0628. The fourth-order valence-electron chi connectivity index (χ4n) is 3.91.